The van der Waals surface area contributed by atoms with Crippen molar-refractivity contribution in [3.8, 4) is 0 Å². The molecule has 0 spiro atoms. The topological polar surface area (TPSA) is 66.1 Å². The van der Waals surface area contributed by atoms with Gasteiger partial charge in [0, 0.05) is 30.0 Å². The summed E-state index contributed by atoms with van der Waals surface area (Å²) in [7, 11) is 0. The highest BCUT2D eigenvalue weighted by Crippen LogP contribution is 2.34. The summed E-state index contributed by atoms with van der Waals surface area (Å²) in [5, 5.41) is 0. The Morgan fingerprint density at radius 3 is 2.96 bits per heavy atom. The number of thiophene rings is 1. The van der Waals surface area contributed by atoms with Crippen molar-refractivity contribution >= 4 is 17.2 Å². The first-order valence-electron chi connectivity index (χ1n) is 10.0. The minimum Gasteiger partial charge on any atom is -0.337 e. The van der Waals surface area contributed by atoms with E-state index in [2.05, 4.69) is 23.0 Å². The maximum Gasteiger partial charge on any atom is 0.263 e. The van der Waals surface area contributed by atoms with Crippen LogP contribution in [0.1, 0.15) is 63.4 Å². The van der Waals surface area contributed by atoms with Crippen LogP contribution in [0.25, 0.3) is 0 Å². The quantitative estimate of drug-likeness (QED) is 0.882. The second-order valence-corrected chi connectivity index (χ2v) is 8.96. The van der Waals surface area contributed by atoms with Crippen molar-refractivity contribution in [2.75, 3.05) is 13.1 Å². The highest BCUT2D eigenvalue weighted by molar-refractivity contribution is 7.14. The number of amides is 1. The van der Waals surface area contributed by atoms with Gasteiger partial charge < -0.3 is 9.88 Å². The lowest BCUT2D eigenvalue weighted by atomic mass is 9.85. The minimum absolute atomic E-state index is 0.0552. The molecule has 27 heavy (non-hydrogen) atoms. The van der Waals surface area contributed by atoms with E-state index in [-0.39, 0.29) is 11.5 Å². The molecule has 1 aliphatic carbocycles. The van der Waals surface area contributed by atoms with E-state index in [0.29, 0.717) is 31.8 Å². The first-order chi connectivity index (χ1) is 13.0. The zero-order valence-corrected chi connectivity index (χ0v) is 17.0. The summed E-state index contributed by atoms with van der Waals surface area (Å²) in [4.78, 5) is 36.7. The van der Waals surface area contributed by atoms with E-state index < -0.39 is 0 Å². The summed E-state index contributed by atoms with van der Waals surface area (Å²) in [6, 6.07) is 2.14. The van der Waals surface area contributed by atoms with Crippen LogP contribution in [0.3, 0.4) is 0 Å². The van der Waals surface area contributed by atoms with Gasteiger partial charge in [-0.1, -0.05) is 19.8 Å². The molecule has 144 valence electrons. The Morgan fingerprint density at radius 1 is 1.33 bits per heavy atom. The predicted octanol–water partition coefficient (Wildman–Crippen LogP) is 3.29. The third-order valence-electron chi connectivity index (χ3n) is 5.85. The third kappa shape index (κ3) is 3.72. The van der Waals surface area contributed by atoms with Gasteiger partial charge in [0.25, 0.3) is 11.5 Å². The predicted molar refractivity (Wildman–Crippen MR) is 108 cm³/mol. The Balaban J connectivity index is 1.50. The number of aryl methyl sites for hydroxylation is 2. The molecule has 1 aliphatic heterocycles. The molecule has 0 radical (unpaired) electrons. The molecule has 2 aliphatic rings. The van der Waals surface area contributed by atoms with E-state index in [4.69, 9.17) is 0 Å². The fraction of sp³-hybridized carbons (Fsp3) is 0.571. The number of carbonyl (C=O) groups is 1. The van der Waals surface area contributed by atoms with Crippen LogP contribution < -0.4 is 5.56 Å². The Morgan fingerprint density at radius 2 is 2.15 bits per heavy atom. The lowest BCUT2D eigenvalue weighted by molar-refractivity contribution is 0.0767. The van der Waals surface area contributed by atoms with Crippen LogP contribution >= 0.6 is 11.3 Å². The van der Waals surface area contributed by atoms with Crippen molar-refractivity contribution in [2.45, 2.75) is 58.8 Å². The molecule has 0 saturated heterocycles. The number of carbonyl (C=O) groups excluding carboxylic acids is 1. The van der Waals surface area contributed by atoms with E-state index in [1.165, 1.54) is 29.7 Å². The van der Waals surface area contributed by atoms with E-state index in [1.54, 1.807) is 18.3 Å². The number of rotatable bonds is 3. The fourth-order valence-corrected chi connectivity index (χ4v) is 5.63. The molecule has 4 rings (SSSR count). The van der Waals surface area contributed by atoms with Gasteiger partial charge in [-0.3, -0.25) is 9.59 Å². The molecule has 0 aromatic carbocycles. The number of aromatic amines is 1. The summed E-state index contributed by atoms with van der Waals surface area (Å²) in [6.45, 7) is 5.26. The van der Waals surface area contributed by atoms with Crippen LogP contribution in [0, 0.1) is 12.8 Å². The molecule has 5 nitrogen and oxygen atoms in total. The molecule has 1 atom stereocenters. The summed E-state index contributed by atoms with van der Waals surface area (Å²) in [6.07, 6.45) is 7.23. The number of aromatic nitrogens is 2. The lowest BCUT2D eigenvalue weighted by Gasteiger charge is -2.21. The molecule has 0 fully saturated rings. The van der Waals surface area contributed by atoms with Gasteiger partial charge in [0.2, 0.25) is 0 Å². The van der Waals surface area contributed by atoms with Crippen molar-refractivity contribution in [1.82, 2.24) is 14.9 Å². The largest absolute Gasteiger partial charge is 0.337 e. The first-order valence-corrected chi connectivity index (χ1v) is 10.9. The van der Waals surface area contributed by atoms with Crippen LogP contribution in [-0.4, -0.2) is 33.9 Å². The number of hydrogen-bond donors (Lipinski definition) is 1. The molecule has 2 aromatic rings. The summed E-state index contributed by atoms with van der Waals surface area (Å²) < 4.78 is 0. The fourth-order valence-electron chi connectivity index (χ4n) is 4.45. The zero-order valence-electron chi connectivity index (χ0n) is 16.1. The third-order valence-corrected chi connectivity index (χ3v) is 7.07. The Hall–Kier alpha value is -1.95. The van der Waals surface area contributed by atoms with Crippen molar-refractivity contribution in [2.24, 2.45) is 5.92 Å². The van der Waals surface area contributed by atoms with E-state index in [1.807, 2.05) is 4.90 Å². The van der Waals surface area contributed by atoms with Crippen molar-refractivity contribution in [1.29, 1.82) is 0 Å². The number of nitrogens with one attached hydrogen (secondary N) is 1. The van der Waals surface area contributed by atoms with Gasteiger partial charge in [-0.25, -0.2) is 4.98 Å². The number of nitrogens with zero attached hydrogens (tertiary/aromatic N) is 2. The van der Waals surface area contributed by atoms with E-state index >= 15 is 0 Å². The van der Waals surface area contributed by atoms with E-state index in [9.17, 15) is 9.59 Å². The Bertz CT molecular complexity index is 915. The van der Waals surface area contributed by atoms with Gasteiger partial charge in [-0.2, -0.15) is 0 Å². The molecule has 1 N–H and O–H groups in total. The summed E-state index contributed by atoms with van der Waals surface area (Å²) in [5.41, 5.74) is 2.92. The molecule has 0 saturated carbocycles. The molecular weight excluding hydrogens is 358 g/mol. The average Bonchev–Trinajstić information content (AvgIpc) is 2.94. The van der Waals surface area contributed by atoms with Crippen LogP contribution in [0.2, 0.25) is 0 Å². The highest BCUT2D eigenvalue weighted by atomic mass is 32.1. The minimum atomic E-state index is -0.0552. The average molecular weight is 386 g/mol. The van der Waals surface area contributed by atoms with Crippen LogP contribution in [0.5, 0.6) is 0 Å². The monoisotopic (exact) mass is 385 g/mol. The molecular formula is C21H27N3O2S. The normalized spacial score (nSPS) is 19.3. The standard InChI is InChI=1S/C21H27N3O2S/c1-3-4-14-5-6-18-15(11-14)12-19(27-18)21(26)24-9-7-16-17(8-10-24)22-13(2)23-20(16)25/h12,14H,3-11H2,1-2H3,(H,22,23,25)/t14-/m1/s1. The molecule has 1 amide bonds. The Labute approximate surface area is 163 Å². The van der Waals surface area contributed by atoms with Gasteiger partial charge in [0.1, 0.15) is 5.82 Å². The van der Waals surface area contributed by atoms with Gasteiger partial charge in [0.15, 0.2) is 0 Å². The number of fused-ring (bicyclic) bond motifs is 2. The van der Waals surface area contributed by atoms with Crippen molar-refractivity contribution in [3.05, 3.63) is 48.8 Å². The Kier molecular flexibility index (Phi) is 5.17. The van der Waals surface area contributed by atoms with Crippen molar-refractivity contribution < 1.29 is 4.79 Å². The van der Waals surface area contributed by atoms with Gasteiger partial charge >= 0.3 is 0 Å². The lowest BCUT2D eigenvalue weighted by Crippen LogP contribution is -2.33. The summed E-state index contributed by atoms with van der Waals surface area (Å²) >= 11 is 1.68. The van der Waals surface area contributed by atoms with Gasteiger partial charge in [-0.15, -0.1) is 11.3 Å². The smallest absolute Gasteiger partial charge is 0.263 e. The van der Waals surface area contributed by atoms with Crippen LogP contribution in [0.4, 0.5) is 0 Å². The second-order valence-electron chi connectivity index (χ2n) is 7.83. The molecule has 3 heterocycles. The maximum absolute atomic E-state index is 13.1. The SMILES string of the molecule is CCC[C@@H]1CCc2sc(C(=O)N3CCc4nc(C)[nH]c(=O)c4CC3)cc2C1. The van der Waals surface area contributed by atoms with Gasteiger partial charge in [-0.05, 0) is 50.2 Å². The highest BCUT2D eigenvalue weighted by Gasteiger charge is 2.26. The summed E-state index contributed by atoms with van der Waals surface area (Å²) in [5.74, 6) is 1.53. The van der Waals surface area contributed by atoms with E-state index in [0.717, 1.165) is 34.9 Å². The van der Waals surface area contributed by atoms with Gasteiger partial charge in [0.05, 0.1) is 10.6 Å². The maximum atomic E-state index is 13.1. The molecule has 2 aromatic heterocycles. The molecule has 0 bridgehead atoms. The van der Waals surface area contributed by atoms with Crippen LogP contribution in [-0.2, 0) is 25.7 Å². The number of H-pyrrole nitrogens is 1. The molecule has 6 heteroatoms. The van der Waals surface area contributed by atoms with Crippen LogP contribution in [0.15, 0.2) is 10.9 Å². The first kappa shape index (κ1) is 18.4. The number of hydrogen-bond acceptors (Lipinski definition) is 4. The zero-order chi connectivity index (χ0) is 19.0. The second kappa shape index (κ2) is 7.58. The molecule has 0 unspecified atom stereocenters. The van der Waals surface area contributed by atoms with Crippen molar-refractivity contribution in [3.63, 3.8) is 0 Å².